The highest BCUT2D eigenvalue weighted by atomic mass is 35.5. The van der Waals surface area contributed by atoms with Gasteiger partial charge in [0, 0.05) is 6.61 Å². The predicted octanol–water partition coefficient (Wildman–Crippen LogP) is 1.87. The Labute approximate surface area is 81.0 Å². The topological polar surface area (TPSA) is 35.2 Å². The van der Waals surface area contributed by atoms with Crippen molar-refractivity contribution in [3.8, 4) is 0 Å². The molecule has 1 fully saturated rings. The Balaban J connectivity index is 0.00000144. The fourth-order valence-corrected chi connectivity index (χ4v) is 1.26. The van der Waals surface area contributed by atoms with Crippen molar-refractivity contribution in [2.24, 2.45) is 5.73 Å². The Hall–Kier alpha value is -0.0000000000000000555. The average molecular weight is 220 g/mol. The third-order valence-corrected chi connectivity index (χ3v) is 1.99. The number of nitrogens with two attached hydrogens (primary N) is 1. The van der Waals surface area contributed by atoms with Crippen LogP contribution in [0.2, 0.25) is 0 Å². The molecule has 0 aromatic rings. The molecule has 2 nitrogen and oxygen atoms in total. The van der Waals surface area contributed by atoms with Gasteiger partial charge in [-0.1, -0.05) is 0 Å². The van der Waals surface area contributed by atoms with Gasteiger partial charge >= 0.3 is 6.18 Å². The van der Waals surface area contributed by atoms with E-state index in [2.05, 4.69) is 0 Å². The summed E-state index contributed by atoms with van der Waals surface area (Å²) in [6, 6.07) is -1.82. The molecule has 1 aliphatic heterocycles. The third-order valence-electron chi connectivity index (χ3n) is 1.99. The summed E-state index contributed by atoms with van der Waals surface area (Å²) in [7, 11) is 0. The quantitative estimate of drug-likeness (QED) is 0.731. The van der Waals surface area contributed by atoms with Crippen LogP contribution >= 0.6 is 12.4 Å². The summed E-state index contributed by atoms with van der Waals surface area (Å²) < 4.78 is 41.0. The molecule has 1 rings (SSSR count). The van der Waals surface area contributed by atoms with Gasteiger partial charge in [-0.25, -0.2) is 0 Å². The molecule has 1 heterocycles. The van der Waals surface area contributed by atoms with Crippen LogP contribution in [0.4, 0.5) is 13.2 Å². The molecule has 1 unspecified atom stereocenters. The first-order chi connectivity index (χ1) is 5.52. The lowest BCUT2D eigenvalue weighted by Crippen LogP contribution is -2.49. The van der Waals surface area contributed by atoms with E-state index in [9.17, 15) is 13.2 Å². The molecule has 2 atom stereocenters. The molecule has 2 N–H and O–H groups in total. The second kappa shape index (κ2) is 5.02. The number of halogens is 4. The summed E-state index contributed by atoms with van der Waals surface area (Å²) in [6.45, 7) is 0.397. The van der Waals surface area contributed by atoms with Crippen molar-refractivity contribution < 1.29 is 17.9 Å². The number of hydrogen-bond acceptors (Lipinski definition) is 2. The molecular formula is C7H13ClF3NO. The Bertz CT molecular complexity index is 147. The summed E-state index contributed by atoms with van der Waals surface area (Å²) in [5.41, 5.74) is 4.98. The van der Waals surface area contributed by atoms with E-state index in [4.69, 9.17) is 10.5 Å². The smallest absolute Gasteiger partial charge is 0.376 e. The monoisotopic (exact) mass is 219 g/mol. The van der Waals surface area contributed by atoms with E-state index in [0.29, 0.717) is 13.0 Å². The summed E-state index contributed by atoms with van der Waals surface area (Å²) in [6.07, 6.45) is -3.14. The van der Waals surface area contributed by atoms with Gasteiger partial charge in [0.1, 0.15) is 6.04 Å². The molecule has 0 radical (unpaired) electrons. The van der Waals surface area contributed by atoms with Crippen LogP contribution in [0.5, 0.6) is 0 Å². The second-order valence-electron chi connectivity index (χ2n) is 2.97. The van der Waals surface area contributed by atoms with Crippen molar-refractivity contribution in [2.45, 2.75) is 37.6 Å². The SMILES string of the molecule is Cl.N[C@@H](C1CCCCO1)C(F)(F)F. The zero-order valence-electron chi connectivity index (χ0n) is 7.01. The molecule has 1 aliphatic rings. The lowest BCUT2D eigenvalue weighted by atomic mass is 10.0. The zero-order valence-corrected chi connectivity index (χ0v) is 7.83. The van der Waals surface area contributed by atoms with Gasteiger partial charge in [0.05, 0.1) is 6.10 Å². The highest BCUT2D eigenvalue weighted by molar-refractivity contribution is 5.85. The van der Waals surface area contributed by atoms with E-state index in [1.165, 1.54) is 0 Å². The van der Waals surface area contributed by atoms with Crippen LogP contribution in [-0.2, 0) is 4.74 Å². The van der Waals surface area contributed by atoms with Crippen molar-refractivity contribution in [1.29, 1.82) is 0 Å². The molecule has 80 valence electrons. The molecule has 0 aromatic heterocycles. The molecule has 13 heavy (non-hydrogen) atoms. The van der Waals surface area contributed by atoms with Crippen molar-refractivity contribution >= 4 is 12.4 Å². The molecule has 1 saturated heterocycles. The fourth-order valence-electron chi connectivity index (χ4n) is 1.26. The first-order valence-electron chi connectivity index (χ1n) is 3.95. The largest absolute Gasteiger partial charge is 0.406 e. The van der Waals surface area contributed by atoms with Gasteiger partial charge in [0.2, 0.25) is 0 Å². The summed E-state index contributed by atoms with van der Waals surface area (Å²) in [4.78, 5) is 0. The molecule has 0 saturated carbocycles. The zero-order chi connectivity index (χ0) is 9.19. The highest BCUT2D eigenvalue weighted by Crippen LogP contribution is 2.26. The summed E-state index contributed by atoms with van der Waals surface area (Å²) in [5.74, 6) is 0. The normalized spacial score (nSPS) is 26.3. The maximum Gasteiger partial charge on any atom is 0.406 e. The van der Waals surface area contributed by atoms with E-state index in [1.54, 1.807) is 0 Å². The van der Waals surface area contributed by atoms with E-state index >= 15 is 0 Å². The van der Waals surface area contributed by atoms with Gasteiger partial charge in [-0.3, -0.25) is 0 Å². The van der Waals surface area contributed by atoms with Crippen molar-refractivity contribution in [3.05, 3.63) is 0 Å². The molecule has 0 aliphatic carbocycles. The lowest BCUT2D eigenvalue weighted by molar-refractivity contribution is -0.180. The highest BCUT2D eigenvalue weighted by Gasteiger charge is 2.42. The van der Waals surface area contributed by atoms with Crippen molar-refractivity contribution in [1.82, 2.24) is 0 Å². The van der Waals surface area contributed by atoms with E-state index < -0.39 is 18.3 Å². The van der Waals surface area contributed by atoms with E-state index in [0.717, 1.165) is 12.8 Å². The van der Waals surface area contributed by atoms with Crippen LogP contribution in [0.25, 0.3) is 0 Å². The summed E-state index contributed by atoms with van der Waals surface area (Å²) >= 11 is 0. The van der Waals surface area contributed by atoms with Crippen LogP contribution in [0.3, 0.4) is 0 Å². The van der Waals surface area contributed by atoms with E-state index in [1.807, 2.05) is 0 Å². The Kier molecular flexibility index (Phi) is 5.02. The molecular weight excluding hydrogens is 207 g/mol. The van der Waals surface area contributed by atoms with Gasteiger partial charge in [-0.05, 0) is 19.3 Å². The van der Waals surface area contributed by atoms with Gasteiger partial charge in [-0.15, -0.1) is 12.4 Å². The number of ether oxygens (including phenoxy) is 1. The first-order valence-corrected chi connectivity index (χ1v) is 3.95. The maximum atomic E-state index is 12.0. The fraction of sp³-hybridized carbons (Fsp3) is 1.00. The standard InChI is InChI=1S/C7H12F3NO.ClH/c8-7(9,10)6(11)5-3-1-2-4-12-5;/h5-6H,1-4,11H2;1H/t5?,6-;/m0./s1. The Morgan fingerprint density at radius 2 is 1.92 bits per heavy atom. The second-order valence-corrected chi connectivity index (χ2v) is 2.97. The average Bonchev–Trinajstić information content (AvgIpc) is 2.03. The van der Waals surface area contributed by atoms with Crippen molar-refractivity contribution in [3.63, 3.8) is 0 Å². The number of alkyl halides is 3. The molecule has 6 heteroatoms. The molecule has 0 spiro atoms. The molecule has 0 aromatic carbocycles. The summed E-state index contributed by atoms with van der Waals surface area (Å²) in [5, 5.41) is 0. The predicted molar refractivity (Wildman–Crippen MR) is 44.9 cm³/mol. The van der Waals surface area contributed by atoms with Gasteiger partial charge in [0.25, 0.3) is 0 Å². The van der Waals surface area contributed by atoms with Crippen molar-refractivity contribution in [2.75, 3.05) is 6.61 Å². The van der Waals surface area contributed by atoms with E-state index in [-0.39, 0.29) is 12.4 Å². The number of rotatable bonds is 1. The van der Waals surface area contributed by atoms with Crippen LogP contribution in [0, 0.1) is 0 Å². The minimum atomic E-state index is -4.33. The minimum absolute atomic E-state index is 0. The first kappa shape index (κ1) is 13.0. The van der Waals surface area contributed by atoms with Crippen LogP contribution in [-0.4, -0.2) is 24.9 Å². The van der Waals surface area contributed by atoms with Crippen LogP contribution in [0.15, 0.2) is 0 Å². The lowest BCUT2D eigenvalue weighted by Gasteiger charge is -2.28. The molecule has 0 amide bonds. The minimum Gasteiger partial charge on any atom is -0.376 e. The Morgan fingerprint density at radius 1 is 1.31 bits per heavy atom. The van der Waals surface area contributed by atoms with Crippen LogP contribution < -0.4 is 5.73 Å². The molecule has 0 bridgehead atoms. The van der Waals surface area contributed by atoms with Crippen LogP contribution in [0.1, 0.15) is 19.3 Å². The number of hydrogen-bond donors (Lipinski definition) is 1. The Morgan fingerprint density at radius 3 is 2.31 bits per heavy atom. The van der Waals surface area contributed by atoms with Gasteiger partial charge in [-0.2, -0.15) is 13.2 Å². The van der Waals surface area contributed by atoms with Gasteiger partial charge < -0.3 is 10.5 Å². The third kappa shape index (κ3) is 3.70. The van der Waals surface area contributed by atoms with Gasteiger partial charge in [0.15, 0.2) is 0 Å². The maximum absolute atomic E-state index is 12.0.